The first-order valence-electron chi connectivity index (χ1n) is 5.04. The summed E-state index contributed by atoms with van der Waals surface area (Å²) in [6, 6.07) is 0. The van der Waals surface area contributed by atoms with Crippen LogP contribution in [0, 0.1) is 11.3 Å². The van der Waals surface area contributed by atoms with Crippen LogP contribution in [0.15, 0.2) is 23.8 Å². The van der Waals surface area contributed by atoms with Crippen molar-refractivity contribution in [3.8, 4) is 0 Å². The summed E-state index contributed by atoms with van der Waals surface area (Å²) in [5, 5.41) is 7.74. The van der Waals surface area contributed by atoms with Gasteiger partial charge in [0.05, 0.1) is 0 Å². The van der Waals surface area contributed by atoms with Crippen LogP contribution in [0.2, 0.25) is 0 Å². The van der Waals surface area contributed by atoms with Crippen LogP contribution in [0.3, 0.4) is 0 Å². The second-order valence-corrected chi connectivity index (χ2v) is 3.98. The van der Waals surface area contributed by atoms with Crippen LogP contribution in [0.25, 0.3) is 0 Å². The summed E-state index contributed by atoms with van der Waals surface area (Å²) in [5.74, 6) is 0.552. The molecule has 0 spiro atoms. The third kappa shape index (κ3) is 2.55. The lowest BCUT2D eigenvalue weighted by Gasteiger charge is -2.20. The smallest absolute Gasteiger partial charge is 0.0342 e. The molecule has 0 radical (unpaired) electrons. The van der Waals surface area contributed by atoms with Crippen molar-refractivity contribution in [3.05, 3.63) is 23.8 Å². The predicted octanol–water partition coefficient (Wildman–Crippen LogP) is 3.72. The number of nitrogens with one attached hydrogen (secondary N) is 1. The van der Waals surface area contributed by atoms with E-state index in [2.05, 4.69) is 20.4 Å². The van der Waals surface area contributed by atoms with Crippen molar-refractivity contribution in [3.63, 3.8) is 0 Å². The topological polar surface area (TPSA) is 23.9 Å². The largest absolute Gasteiger partial charge is 0.305 e. The molecule has 1 atom stereocenters. The van der Waals surface area contributed by atoms with Gasteiger partial charge in [0, 0.05) is 5.71 Å². The van der Waals surface area contributed by atoms with Gasteiger partial charge in [0.15, 0.2) is 0 Å². The second-order valence-electron chi connectivity index (χ2n) is 3.98. The van der Waals surface area contributed by atoms with Gasteiger partial charge in [0.1, 0.15) is 0 Å². The van der Waals surface area contributed by atoms with Crippen molar-refractivity contribution in [2.45, 2.75) is 39.5 Å². The fraction of sp³-hybridized carbons (Fsp3) is 0.583. The molecule has 0 aromatic rings. The molecule has 1 N–H and O–H groups in total. The van der Waals surface area contributed by atoms with E-state index in [1.807, 2.05) is 6.08 Å². The summed E-state index contributed by atoms with van der Waals surface area (Å²) in [6.07, 6.45) is 6.41. The SMILES string of the molecule is C=C[C@@H](C)CC1=C(C)C(=N)CCC1. The molecule has 1 aliphatic rings. The molecule has 1 heteroatoms. The van der Waals surface area contributed by atoms with E-state index in [-0.39, 0.29) is 0 Å². The van der Waals surface area contributed by atoms with Gasteiger partial charge in [0.25, 0.3) is 0 Å². The highest BCUT2D eigenvalue weighted by atomic mass is 14.4. The summed E-state index contributed by atoms with van der Waals surface area (Å²) in [6.45, 7) is 8.07. The van der Waals surface area contributed by atoms with E-state index < -0.39 is 0 Å². The van der Waals surface area contributed by atoms with Gasteiger partial charge in [-0.3, -0.25) is 0 Å². The number of hydrogen-bond acceptors (Lipinski definition) is 1. The fourth-order valence-corrected chi connectivity index (χ4v) is 1.79. The Morgan fingerprint density at radius 2 is 2.23 bits per heavy atom. The van der Waals surface area contributed by atoms with E-state index >= 15 is 0 Å². The minimum atomic E-state index is 0.552. The van der Waals surface area contributed by atoms with Crippen LogP contribution >= 0.6 is 0 Å². The Morgan fingerprint density at radius 3 is 2.85 bits per heavy atom. The molecule has 1 aliphatic carbocycles. The third-order valence-corrected chi connectivity index (χ3v) is 2.86. The van der Waals surface area contributed by atoms with Gasteiger partial charge in [0.2, 0.25) is 0 Å². The molecule has 0 amide bonds. The lowest BCUT2D eigenvalue weighted by molar-refractivity contribution is 0.665. The van der Waals surface area contributed by atoms with Crippen molar-refractivity contribution >= 4 is 5.71 Å². The molecule has 0 aromatic heterocycles. The average molecular weight is 177 g/mol. The minimum Gasteiger partial charge on any atom is -0.305 e. The summed E-state index contributed by atoms with van der Waals surface area (Å²) in [5.41, 5.74) is 3.56. The predicted molar refractivity (Wildman–Crippen MR) is 58.3 cm³/mol. The molecule has 1 rings (SSSR count). The minimum absolute atomic E-state index is 0.552. The molecule has 1 nitrogen and oxygen atoms in total. The van der Waals surface area contributed by atoms with Gasteiger partial charge >= 0.3 is 0 Å². The molecular formula is C12H19N. The maximum atomic E-state index is 7.74. The van der Waals surface area contributed by atoms with Crippen LogP contribution < -0.4 is 0 Å². The Labute approximate surface area is 81.1 Å². The van der Waals surface area contributed by atoms with Crippen LogP contribution in [0.5, 0.6) is 0 Å². The summed E-state index contributed by atoms with van der Waals surface area (Å²) < 4.78 is 0. The third-order valence-electron chi connectivity index (χ3n) is 2.86. The molecule has 0 saturated heterocycles. The van der Waals surface area contributed by atoms with Gasteiger partial charge in [-0.2, -0.15) is 0 Å². The zero-order valence-electron chi connectivity index (χ0n) is 8.69. The molecule has 72 valence electrons. The molecule has 0 aromatic carbocycles. The number of rotatable bonds is 3. The Morgan fingerprint density at radius 1 is 1.54 bits per heavy atom. The highest BCUT2D eigenvalue weighted by molar-refractivity contribution is 5.98. The van der Waals surface area contributed by atoms with E-state index in [0.29, 0.717) is 5.92 Å². The van der Waals surface area contributed by atoms with Crippen LogP contribution in [-0.4, -0.2) is 5.71 Å². The number of allylic oxidation sites excluding steroid dienone is 3. The lowest BCUT2D eigenvalue weighted by Crippen LogP contribution is -2.10. The van der Waals surface area contributed by atoms with E-state index in [9.17, 15) is 0 Å². The highest BCUT2D eigenvalue weighted by Gasteiger charge is 2.14. The zero-order chi connectivity index (χ0) is 9.84. The highest BCUT2D eigenvalue weighted by Crippen LogP contribution is 2.27. The van der Waals surface area contributed by atoms with Crippen molar-refractivity contribution in [2.75, 3.05) is 0 Å². The first-order chi connectivity index (χ1) is 6.15. The normalized spacial score (nSPS) is 20.3. The molecular weight excluding hydrogens is 158 g/mol. The van der Waals surface area contributed by atoms with Crippen molar-refractivity contribution in [1.82, 2.24) is 0 Å². The standard InChI is InChI=1S/C12H19N/c1-4-9(2)8-11-6-5-7-12(13)10(11)3/h4,9,13H,1,5-8H2,2-3H3/t9-/m1/s1. The Bertz CT molecular complexity index is 248. The molecule has 0 unspecified atom stereocenters. The Balaban J connectivity index is 2.71. The van der Waals surface area contributed by atoms with Gasteiger partial charge in [-0.1, -0.05) is 18.6 Å². The molecule has 13 heavy (non-hydrogen) atoms. The fourth-order valence-electron chi connectivity index (χ4n) is 1.79. The molecule has 0 saturated carbocycles. The maximum absolute atomic E-state index is 7.74. The molecule has 0 heterocycles. The van der Waals surface area contributed by atoms with Crippen LogP contribution in [-0.2, 0) is 0 Å². The van der Waals surface area contributed by atoms with Crippen LogP contribution in [0.1, 0.15) is 39.5 Å². The van der Waals surface area contributed by atoms with E-state index in [4.69, 9.17) is 5.41 Å². The number of hydrogen-bond donors (Lipinski definition) is 1. The van der Waals surface area contributed by atoms with E-state index in [0.717, 1.165) is 25.0 Å². The van der Waals surface area contributed by atoms with Gasteiger partial charge in [-0.15, -0.1) is 6.58 Å². The first kappa shape index (κ1) is 10.2. The maximum Gasteiger partial charge on any atom is 0.0342 e. The molecule has 0 aliphatic heterocycles. The van der Waals surface area contributed by atoms with Crippen molar-refractivity contribution in [1.29, 1.82) is 5.41 Å². The van der Waals surface area contributed by atoms with E-state index in [1.165, 1.54) is 17.6 Å². The Hall–Kier alpha value is -0.850. The van der Waals surface area contributed by atoms with Gasteiger partial charge in [-0.25, -0.2) is 0 Å². The lowest BCUT2D eigenvalue weighted by atomic mass is 9.86. The van der Waals surface area contributed by atoms with Crippen molar-refractivity contribution < 1.29 is 0 Å². The van der Waals surface area contributed by atoms with Crippen molar-refractivity contribution in [2.24, 2.45) is 5.92 Å². The van der Waals surface area contributed by atoms with Crippen LogP contribution in [0.4, 0.5) is 0 Å². The van der Waals surface area contributed by atoms with Gasteiger partial charge in [-0.05, 0) is 44.1 Å². The molecule has 0 bridgehead atoms. The average Bonchev–Trinajstić information content (AvgIpc) is 2.13. The second kappa shape index (κ2) is 4.40. The van der Waals surface area contributed by atoms with Gasteiger partial charge < -0.3 is 5.41 Å². The molecule has 0 fully saturated rings. The summed E-state index contributed by atoms with van der Waals surface area (Å²) in [4.78, 5) is 0. The monoisotopic (exact) mass is 177 g/mol. The van der Waals surface area contributed by atoms with E-state index in [1.54, 1.807) is 0 Å². The Kier molecular flexibility index (Phi) is 3.47. The zero-order valence-corrected chi connectivity index (χ0v) is 8.69. The summed E-state index contributed by atoms with van der Waals surface area (Å²) in [7, 11) is 0. The summed E-state index contributed by atoms with van der Waals surface area (Å²) >= 11 is 0. The quantitative estimate of drug-likeness (QED) is 0.635. The first-order valence-corrected chi connectivity index (χ1v) is 5.04.